The molecule has 1 aromatic heterocycles. The van der Waals surface area contributed by atoms with Gasteiger partial charge in [0.1, 0.15) is 0 Å². The van der Waals surface area contributed by atoms with E-state index in [-0.39, 0.29) is 23.8 Å². The average molecular weight is 393 g/mol. The van der Waals surface area contributed by atoms with Crippen LogP contribution < -0.4 is 4.90 Å². The Morgan fingerprint density at radius 1 is 1.10 bits per heavy atom. The lowest BCUT2D eigenvalue weighted by molar-refractivity contribution is -0.134. The van der Waals surface area contributed by atoms with Gasteiger partial charge in [0.05, 0.1) is 17.7 Å². The molecule has 2 aliphatic heterocycles. The molecule has 0 unspecified atom stereocenters. The van der Waals surface area contributed by atoms with Crippen molar-refractivity contribution in [2.75, 3.05) is 24.5 Å². The van der Waals surface area contributed by atoms with E-state index in [4.69, 9.17) is 0 Å². The molecule has 3 heterocycles. The summed E-state index contributed by atoms with van der Waals surface area (Å²) in [7, 11) is 0. The molecule has 7 heteroatoms. The number of benzene rings is 1. The van der Waals surface area contributed by atoms with Gasteiger partial charge in [-0.3, -0.25) is 9.59 Å². The number of aromatic nitrogens is 3. The van der Waals surface area contributed by atoms with Gasteiger partial charge >= 0.3 is 0 Å². The topological polar surface area (TPSA) is 71.3 Å². The Bertz CT molecular complexity index is 964. The summed E-state index contributed by atoms with van der Waals surface area (Å²) < 4.78 is 1.93. The Kier molecular flexibility index (Phi) is 4.41. The van der Waals surface area contributed by atoms with Crippen molar-refractivity contribution in [1.29, 1.82) is 0 Å². The van der Waals surface area contributed by atoms with Crippen molar-refractivity contribution in [3.05, 3.63) is 41.2 Å². The lowest BCUT2D eigenvalue weighted by Gasteiger charge is -2.21. The van der Waals surface area contributed by atoms with Gasteiger partial charge in [0, 0.05) is 43.9 Å². The fourth-order valence-electron chi connectivity index (χ4n) is 4.47. The number of nitrogens with zero attached hydrogens (tertiary/aromatic N) is 5. The maximum Gasteiger partial charge on any atom is 0.228 e. The highest BCUT2D eigenvalue weighted by atomic mass is 16.2. The molecule has 0 N–H and O–H groups in total. The van der Waals surface area contributed by atoms with Crippen LogP contribution in [-0.4, -0.2) is 51.3 Å². The fraction of sp³-hybridized carbons (Fsp3) is 0.545. The minimum absolute atomic E-state index is 0.0349. The van der Waals surface area contributed by atoms with Crippen molar-refractivity contribution in [3.8, 4) is 0 Å². The van der Waals surface area contributed by atoms with Crippen molar-refractivity contribution in [1.82, 2.24) is 19.9 Å². The van der Waals surface area contributed by atoms with E-state index in [0.29, 0.717) is 25.4 Å². The maximum atomic E-state index is 13.1. The van der Waals surface area contributed by atoms with Crippen LogP contribution in [0, 0.1) is 19.8 Å². The summed E-state index contributed by atoms with van der Waals surface area (Å²) in [5.41, 5.74) is 4.34. The molecule has 0 bridgehead atoms. The second kappa shape index (κ2) is 6.97. The molecule has 2 amide bonds. The smallest absolute Gasteiger partial charge is 0.228 e. The fourth-order valence-corrected chi connectivity index (χ4v) is 4.47. The van der Waals surface area contributed by atoms with Gasteiger partial charge in [-0.2, -0.15) is 0 Å². The van der Waals surface area contributed by atoms with Crippen LogP contribution in [0.4, 0.5) is 5.69 Å². The van der Waals surface area contributed by atoms with Gasteiger partial charge in [-0.15, -0.1) is 5.10 Å². The Morgan fingerprint density at radius 3 is 2.69 bits per heavy atom. The Hall–Kier alpha value is -2.70. The van der Waals surface area contributed by atoms with Gasteiger partial charge in [0.2, 0.25) is 11.8 Å². The van der Waals surface area contributed by atoms with E-state index in [1.165, 1.54) is 18.4 Å². The molecule has 2 atom stereocenters. The molecule has 1 saturated carbocycles. The van der Waals surface area contributed by atoms with E-state index in [0.717, 1.165) is 29.9 Å². The van der Waals surface area contributed by atoms with Crippen LogP contribution >= 0.6 is 0 Å². The van der Waals surface area contributed by atoms with Crippen molar-refractivity contribution in [3.63, 3.8) is 0 Å². The van der Waals surface area contributed by atoms with E-state index >= 15 is 0 Å². The highest BCUT2D eigenvalue weighted by Gasteiger charge is 2.39. The molecule has 152 valence electrons. The van der Waals surface area contributed by atoms with E-state index < -0.39 is 0 Å². The summed E-state index contributed by atoms with van der Waals surface area (Å²) in [4.78, 5) is 29.4. The molecule has 7 nitrogen and oxygen atoms in total. The summed E-state index contributed by atoms with van der Waals surface area (Å²) in [5, 5.41) is 8.59. The molecule has 1 aliphatic carbocycles. The summed E-state index contributed by atoms with van der Waals surface area (Å²) in [6.07, 6.45) is 5.65. The zero-order valence-electron chi connectivity index (χ0n) is 17.0. The van der Waals surface area contributed by atoms with Crippen LogP contribution in [0.15, 0.2) is 24.4 Å². The number of amides is 2. The number of rotatable bonds is 4. The number of anilines is 1. The van der Waals surface area contributed by atoms with Crippen LogP contribution in [0.1, 0.15) is 54.5 Å². The molecule has 5 rings (SSSR count). The molecule has 0 spiro atoms. The normalized spacial score (nSPS) is 24.6. The molecule has 3 aliphatic rings. The number of carbonyl (C=O) groups is 2. The highest BCUT2D eigenvalue weighted by molar-refractivity contribution is 6.00. The number of carbonyl (C=O) groups excluding carboxylic acids is 2. The van der Waals surface area contributed by atoms with E-state index in [1.54, 1.807) is 4.90 Å². The Morgan fingerprint density at radius 2 is 1.93 bits per heavy atom. The lowest BCUT2D eigenvalue weighted by atomic mass is 10.1. The van der Waals surface area contributed by atoms with Gasteiger partial charge in [0.25, 0.3) is 0 Å². The van der Waals surface area contributed by atoms with Crippen LogP contribution in [0.5, 0.6) is 0 Å². The third kappa shape index (κ3) is 3.43. The third-order valence-electron chi connectivity index (χ3n) is 6.65. The number of aryl methyl sites for hydroxylation is 2. The zero-order valence-corrected chi connectivity index (χ0v) is 17.0. The quantitative estimate of drug-likeness (QED) is 0.801. The van der Waals surface area contributed by atoms with Crippen LogP contribution in [-0.2, 0) is 9.59 Å². The summed E-state index contributed by atoms with van der Waals surface area (Å²) in [6, 6.07) is 6.23. The number of hydrogen-bond acceptors (Lipinski definition) is 4. The predicted octanol–water partition coefficient (Wildman–Crippen LogP) is 2.60. The first kappa shape index (κ1) is 18.3. The molecular formula is C22H27N5O2. The summed E-state index contributed by atoms with van der Waals surface area (Å²) >= 11 is 0. The van der Waals surface area contributed by atoms with Gasteiger partial charge in [0.15, 0.2) is 0 Å². The summed E-state index contributed by atoms with van der Waals surface area (Å²) in [5.74, 6) is 0.451. The van der Waals surface area contributed by atoms with Gasteiger partial charge < -0.3 is 9.80 Å². The minimum atomic E-state index is -0.263. The summed E-state index contributed by atoms with van der Waals surface area (Å²) in [6.45, 7) is 5.95. The standard InChI is InChI=1S/C22H27N5O2/c1-14-3-6-18(9-15(14)2)26-11-17(10-21(26)28)22(29)25-8-7-19(12-25)27-13-20(23-24-27)16-4-5-16/h3,6,9,13,16-17,19H,4-5,7-8,10-12H2,1-2H3/t17-,19-/m0/s1. The second-order valence-corrected chi connectivity index (χ2v) is 8.80. The minimum Gasteiger partial charge on any atom is -0.340 e. The Balaban J connectivity index is 1.23. The molecule has 1 aromatic carbocycles. The third-order valence-corrected chi connectivity index (χ3v) is 6.65. The van der Waals surface area contributed by atoms with Gasteiger partial charge in [-0.25, -0.2) is 4.68 Å². The lowest BCUT2D eigenvalue weighted by Crippen LogP contribution is -2.36. The van der Waals surface area contributed by atoms with Crippen molar-refractivity contribution in [2.24, 2.45) is 5.92 Å². The molecular weight excluding hydrogens is 366 g/mol. The predicted molar refractivity (Wildman–Crippen MR) is 109 cm³/mol. The van der Waals surface area contributed by atoms with E-state index in [1.807, 2.05) is 34.7 Å². The first-order valence-electron chi connectivity index (χ1n) is 10.6. The first-order chi connectivity index (χ1) is 14.0. The first-order valence-corrected chi connectivity index (χ1v) is 10.6. The Labute approximate surface area is 170 Å². The van der Waals surface area contributed by atoms with Crippen molar-refractivity contribution >= 4 is 17.5 Å². The van der Waals surface area contributed by atoms with Crippen molar-refractivity contribution < 1.29 is 9.59 Å². The van der Waals surface area contributed by atoms with E-state index in [9.17, 15) is 9.59 Å². The van der Waals surface area contributed by atoms with Gasteiger partial charge in [-0.1, -0.05) is 11.3 Å². The molecule has 29 heavy (non-hydrogen) atoms. The van der Waals surface area contributed by atoms with Crippen LogP contribution in [0.3, 0.4) is 0 Å². The zero-order chi connectivity index (χ0) is 20.1. The molecule has 2 aromatic rings. The van der Waals surface area contributed by atoms with Crippen molar-refractivity contribution in [2.45, 2.75) is 51.5 Å². The highest BCUT2D eigenvalue weighted by Crippen LogP contribution is 2.39. The molecule has 0 radical (unpaired) electrons. The maximum absolute atomic E-state index is 13.1. The molecule has 2 saturated heterocycles. The monoisotopic (exact) mass is 393 g/mol. The average Bonchev–Trinajstić information content (AvgIpc) is 3.10. The van der Waals surface area contributed by atoms with E-state index in [2.05, 4.69) is 23.4 Å². The number of hydrogen-bond donors (Lipinski definition) is 0. The SMILES string of the molecule is Cc1ccc(N2C[C@@H](C(=O)N3CC[C@H](n4cc(C5CC5)nn4)C3)CC2=O)cc1C. The largest absolute Gasteiger partial charge is 0.340 e. The second-order valence-electron chi connectivity index (χ2n) is 8.80. The molecule has 3 fully saturated rings. The van der Waals surface area contributed by atoms with Crippen LogP contribution in [0.25, 0.3) is 0 Å². The van der Waals surface area contributed by atoms with Crippen LogP contribution in [0.2, 0.25) is 0 Å². The number of likely N-dealkylation sites (tertiary alicyclic amines) is 1. The van der Waals surface area contributed by atoms with Gasteiger partial charge in [-0.05, 0) is 56.4 Å².